The molecule has 0 bridgehead atoms. The molecule has 2 amide bonds. The van der Waals surface area contributed by atoms with Gasteiger partial charge in [-0.05, 0) is 88.4 Å². The number of halogens is 1. The van der Waals surface area contributed by atoms with Crippen LogP contribution in [0, 0.1) is 20.8 Å². The first-order chi connectivity index (χ1) is 14.9. The van der Waals surface area contributed by atoms with Gasteiger partial charge in [-0.15, -0.1) is 0 Å². The molecule has 0 radical (unpaired) electrons. The monoisotopic (exact) mass is 458 g/mol. The lowest BCUT2D eigenvalue weighted by atomic mass is 10.1. The molecule has 0 aliphatic carbocycles. The Kier molecular flexibility index (Phi) is 8.73. The summed E-state index contributed by atoms with van der Waals surface area (Å²) in [6.45, 7) is 13.8. The minimum Gasteiger partial charge on any atom is -0.483 e. The van der Waals surface area contributed by atoms with Gasteiger partial charge in [0.15, 0.2) is 6.61 Å². The van der Waals surface area contributed by atoms with Crippen LogP contribution >= 0.6 is 11.6 Å². The van der Waals surface area contributed by atoms with Crippen molar-refractivity contribution in [2.45, 2.75) is 73.0 Å². The summed E-state index contributed by atoms with van der Waals surface area (Å²) in [6, 6.07) is 10.7. The van der Waals surface area contributed by atoms with E-state index in [4.69, 9.17) is 16.3 Å². The van der Waals surface area contributed by atoms with Gasteiger partial charge in [0.2, 0.25) is 5.91 Å². The van der Waals surface area contributed by atoms with Crippen LogP contribution < -0.4 is 10.1 Å². The van der Waals surface area contributed by atoms with Crippen molar-refractivity contribution in [3.8, 4) is 5.75 Å². The van der Waals surface area contributed by atoms with E-state index in [1.54, 1.807) is 17.0 Å². The largest absolute Gasteiger partial charge is 0.483 e. The predicted molar refractivity (Wildman–Crippen MR) is 130 cm³/mol. The molecule has 2 rings (SSSR count). The summed E-state index contributed by atoms with van der Waals surface area (Å²) >= 11 is 6.02. The number of hydrogen-bond acceptors (Lipinski definition) is 3. The zero-order valence-electron chi connectivity index (χ0n) is 20.2. The number of nitrogens with zero attached hydrogens (tertiary/aromatic N) is 1. The Labute approximate surface area is 197 Å². The van der Waals surface area contributed by atoms with Gasteiger partial charge in [0.25, 0.3) is 5.91 Å². The van der Waals surface area contributed by atoms with Gasteiger partial charge in [-0.25, -0.2) is 0 Å². The molecule has 0 aliphatic heterocycles. The molecule has 0 saturated carbocycles. The normalized spacial score (nSPS) is 12.2. The number of aryl methyl sites for hydroxylation is 2. The number of hydrogen-bond donors (Lipinski definition) is 1. The first-order valence-electron chi connectivity index (χ1n) is 11.0. The fourth-order valence-corrected chi connectivity index (χ4v) is 3.66. The highest BCUT2D eigenvalue weighted by molar-refractivity contribution is 6.30. The molecular weight excluding hydrogens is 424 g/mol. The number of rotatable bonds is 8. The fraction of sp³-hybridized carbons (Fsp3) is 0.462. The Morgan fingerprint density at radius 3 is 2.28 bits per heavy atom. The van der Waals surface area contributed by atoms with Gasteiger partial charge in [0.1, 0.15) is 11.8 Å². The first kappa shape index (κ1) is 25.7. The van der Waals surface area contributed by atoms with Crippen LogP contribution in [0.2, 0.25) is 5.02 Å². The minimum absolute atomic E-state index is 0.142. The van der Waals surface area contributed by atoms with Gasteiger partial charge in [-0.1, -0.05) is 36.7 Å². The highest BCUT2D eigenvalue weighted by atomic mass is 35.5. The molecule has 2 aromatic rings. The molecule has 0 fully saturated rings. The highest BCUT2D eigenvalue weighted by Gasteiger charge is 2.31. The molecule has 0 aromatic heterocycles. The number of carbonyl (C=O) groups excluding carboxylic acids is 2. The van der Waals surface area contributed by atoms with Crippen molar-refractivity contribution < 1.29 is 14.3 Å². The third-order valence-corrected chi connectivity index (χ3v) is 5.52. The van der Waals surface area contributed by atoms with E-state index < -0.39 is 11.6 Å². The SMILES string of the molecule is CCC(C(=O)NC(C)(C)C)N(Cc1ccc(Cl)cc1)C(=O)COc1cc(C)cc(C)c1C. The average molecular weight is 459 g/mol. The average Bonchev–Trinajstić information content (AvgIpc) is 2.69. The van der Waals surface area contributed by atoms with E-state index in [0.717, 1.165) is 22.3 Å². The Hall–Kier alpha value is -2.53. The maximum Gasteiger partial charge on any atom is 0.261 e. The summed E-state index contributed by atoms with van der Waals surface area (Å²) < 4.78 is 5.93. The zero-order chi connectivity index (χ0) is 24.1. The molecule has 2 aromatic carbocycles. The van der Waals surface area contributed by atoms with Crippen LogP contribution in [0.3, 0.4) is 0 Å². The number of benzene rings is 2. The van der Waals surface area contributed by atoms with Gasteiger partial charge < -0.3 is 15.0 Å². The van der Waals surface area contributed by atoms with Crippen LogP contribution in [-0.4, -0.2) is 34.9 Å². The Morgan fingerprint density at radius 1 is 1.09 bits per heavy atom. The van der Waals surface area contributed by atoms with Crippen molar-refractivity contribution in [1.82, 2.24) is 10.2 Å². The molecule has 1 atom stereocenters. The molecular formula is C26H35ClN2O3. The maximum absolute atomic E-state index is 13.3. The molecule has 6 heteroatoms. The van der Waals surface area contributed by atoms with E-state index in [1.807, 2.05) is 66.7 Å². The third-order valence-electron chi connectivity index (χ3n) is 5.27. The second-order valence-electron chi connectivity index (χ2n) is 9.31. The first-order valence-corrected chi connectivity index (χ1v) is 11.4. The lowest BCUT2D eigenvalue weighted by molar-refractivity contribution is -0.143. The number of nitrogens with one attached hydrogen (secondary N) is 1. The topological polar surface area (TPSA) is 58.6 Å². The molecule has 0 spiro atoms. The summed E-state index contributed by atoms with van der Waals surface area (Å²) in [5.74, 6) is 0.272. The van der Waals surface area contributed by atoms with E-state index in [-0.39, 0.29) is 18.4 Å². The molecule has 0 heterocycles. The standard InChI is InChI=1S/C26H35ClN2O3/c1-8-22(25(31)28-26(5,6)7)29(15-20-9-11-21(27)12-10-20)24(30)16-32-23-14-17(2)13-18(3)19(23)4/h9-14,22H,8,15-16H2,1-7H3,(H,28,31). The number of ether oxygens (including phenoxy) is 1. The smallest absolute Gasteiger partial charge is 0.261 e. The number of carbonyl (C=O) groups is 2. The van der Waals surface area contributed by atoms with Gasteiger partial charge >= 0.3 is 0 Å². The summed E-state index contributed by atoms with van der Waals surface area (Å²) in [7, 11) is 0. The van der Waals surface area contributed by atoms with Crippen molar-refractivity contribution in [3.05, 3.63) is 63.7 Å². The molecule has 174 valence electrons. The van der Waals surface area contributed by atoms with Gasteiger partial charge in [0, 0.05) is 17.1 Å². The summed E-state index contributed by atoms with van der Waals surface area (Å²) in [5, 5.41) is 3.63. The van der Waals surface area contributed by atoms with Gasteiger partial charge in [0.05, 0.1) is 0 Å². The van der Waals surface area contributed by atoms with Crippen molar-refractivity contribution >= 4 is 23.4 Å². The summed E-state index contributed by atoms with van der Waals surface area (Å²) in [6.07, 6.45) is 0.490. The van der Waals surface area contributed by atoms with Crippen LogP contribution in [0.5, 0.6) is 5.75 Å². The molecule has 1 unspecified atom stereocenters. The van der Waals surface area contributed by atoms with Crippen molar-refractivity contribution in [3.63, 3.8) is 0 Å². The van der Waals surface area contributed by atoms with Crippen molar-refractivity contribution in [2.24, 2.45) is 0 Å². The molecule has 1 N–H and O–H groups in total. The molecule has 0 aliphatic rings. The summed E-state index contributed by atoms with van der Waals surface area (Å²) in [4.78, 5) is 28.0. The van der Waals surface area contributed by atoms with E-state index >= 15 is 0 Å². The lowest BCUT2D eigenvalue weighted by Gasteiger charge is -2.33. The third kappa shape index (κ3) is 7.27. The maximum atomic E-state index is 13.3. The zero-order valence-corrected chi connectivity index (χ0v) is 21.0. The van der Waals surface area contributed by atoms with Gasteiger partial charge in [-0.2, -0.15) is 0 Å². The molecule has 0 saturated heterocycles. The molecule has 32 heavy (non-hydrogen) atoms. The van der Waals surface area contributed by atoms with Crippen molar-refractivity contribution in [1.29, 1.82) is 0 Å². The Morgan fingerprint density at radius 2 is 1.72 bits per heavy atom. The van der Waals surface area contributed by atoms with Crippen LogP contribution in [-0.2, 0) is 16.1 Å². The summed E-state index contributed by atoms with van der Waals surface area (Å²) in [5.41, 5.74) is 3.69. The lowest BCUT2D eigenvalue weighted by Crippen LogP contribution is -2.54. The van der Waals surface area contributed by atoms with E-state index in [9.17, 15) is 9.59 Å². The van der Waals surface area contributed by atoms with Gasteiger partial charge in [-0.3, -0.25) is 9.59 Å². The highest BCUT2D eigenvalue weighted by Crippen LogP contribution is 2.24. The fourth-order valence-electron chi connectivity index (χ4n) is 3.53. The minimum atomic E-state index is -0.610. The predicted octanol–water partition coefficient (Wildman–Crippen LogP) is 5.37. The quantitative estimate of drug-likeness (QED) is 0.578. The van der Waals surface area contributed by atoms with Crippen molar-refractivity contribution in [2.75, 3.05) is 6.61 Å². The van der Waals surface area contributed by atoms with E-state index in [2.05, 4.69) is 11.4 Å². The van der Waals surface area contributed by atoms with Crippen LogP contribution in [0.25, 0.3) is 0 Å². The molecule has 5 nitrogen and oxygen atoms in total. The van der Waals surface area contributed by atoms with Crippen LogP contribution in [0.4, 0.5) is 0 Å². The van der Waals surface area contributed by atoms with Crippen LogP contribution in [0.15, 0.2) is 36.4 Å². The Balaban J connectivity index is 2.28. The van der Waals surface area contributed by atoms with Crippen LogP contribution in [0.1, 0.15) is 56.4 Å². The second kappa shape index (κ2) is 10.9. The van der Waals surface area contributed by atoms with E-state index in [1.165, 1.54) is 0 Å². The Bertz CT molecular complexity index is 949. The van der Waals surface area contributed by atoms with E-state index in [0.29, 0.717) is 23.7 Å². The second-order valence-corrected chi connectivity index (χ2v) is 9.74. The number of amides is 2.